The molecular weight excluding hydrogens is 961 g/mol. The molecule has 0 bridgehead atoms. The third-order valence-corrected chi connectivity index (χ3v) is 13.2. The van der Waals surface area contributed by atoms with Crippen molar-refractivity contribution >= 4 is 58.4 Å². The van der Waals surface area contributed by atoms with Gasteiger partial charge in [0.05, 0.1) is 82.3 Å². The van der Waals surface area contributed by atoms with Crippen LogP contribution in [0.1, 0.15) is 68.7 Å². The van der Waals surface area contributed by atoms with E-state index in [1.165, 1.54) is 26.9 Å². The van der Waals surface area contributed by atoms with Gasteiger partial charge in [0, 0.05) is 43.0 Å². The van der Waals surface area contributed by atoms with Crippen molar-refractivity contribution in [2.24, 2.45) is 0 Å². The fourth-order valence-corrected chi connectivity index (χ4v) is 9.41. The number of nitrogens with zero attached hydrogens (tertiary/aromatic N) is 3. The number of fused-ring (bicyclic) bond motifs is 8. The maximum Gasteiger partial charge on any atom is 0.306 e. The number of amides is 3. The van der Waals surface area contributed by atoms with E-state index in [1.54, 1.807) is 35.1 Å². The fraction of sp³-hybridized carbons (Fsp3) is 0.276. The number of aliphatic carboxylic acids is 1. The number of methoxy groups -OCH3 is 4. The van der Waals surface area contributed by atoms with Gasteiger partial charge in [-0.2, -0.15) is 0 Å². The van der Waals surface area contributed by atoms with Crippen molar-refractivity contribution in [1.29, 1.82) is 0 Å². The average Bonchev–Trinajstić information content (AvgIpc) is 3.95. The van der Waals surface area contributed by atoms with Gasteiger partial charge in [-0.15, -0.1) is 0 Å². The summed E-state index contributed by atoms with van der Waals surface area (Å²) < 4.78 is 32.2. The van der Waals surface area contributed by atoms with E-state index < -0.39 is 17.9 Å². The summed E-state index contributed by atoms with van der Waals surface area (Å²) in [6.07, 6.45) is 1.20. The zero-order valence-electron chi connectivity index (χ0n) is 42.1. The highest BCUT2D eigenvalue weighted by Gasteiger charge is 2.42. The highest BCUT2D eigenvalue weighted by molar-refractivity contribution is 6.15. The summed E-state index contributed by atoms with van der Waals surface area (Å²) in [4.78, 5) is 77.9. The molecule has 388 valence electrons. The molecule has 75 heavy (non-hydrogen) atoms. The van der Waals surface area contributed by atoms with Gasteiger partial charge < -0.3 is 53.5 Å². The molecule has 0 aromatic heterocycles. The fourth-order valence-electron chi connectivity index (χ4n) is 9.41. The zero-order valence-corrected chi connectivity index (χ0v) is 42.1. The number of nitrogens with one attached hydrogen (secondary N) is 1. The number of ether oxygens (including phenoxy) is 6. The Morgan fingerprint density at radius 1 is 0.547 bits per heavy atom. The molecule has 0 saturated heterocycles. The maximum absolute atomic E-state index is 13.9. The van der Waals surface area contributed by atoms with Crippen LogP contribution < -0.4 is 39.0 Å². The standard InChI is InChI=1S/C29H28N2O6.C24H22N2O3.C5H8O4/c1-35-25-15-22-24(16-26(25)37-18-19-8-4-3-5-9-19)30(27(32)12-13-28(33)36-2)17-21-14-20-10-6-7-11-23(20)31(21)29(22)34;1-28-22-12-19-20(13-23(22)29-15-16-7-3-2-4-8-16)25-14-18-11-17-9-5-6-10-21(17)26(18)24(19)27;1-9-5(8)3-2-4(6)7/h3-11,15-16,21H,12-14,17-18H2,1-2H3;2-10,12-13,18,25H,11,14-15H2,1H3;2-3H2,1H3,(H,6,7)/t21-;18-;/m00./s1. The van der Waals surface area contributed by atoms with Crippen LogP contribution in [-0.4, -0.2) is 94.3 Å². The van der Waals surface area contributed by atoms with Crippen LogP contribution in [-0.2, 0) is 54.7 Å². The Balaban J connectivity index is 0.000000175. The van der Waals surface area contributed by atoms with Crippen LogP contribution in [0.4, 0.5) is 22.7 Å². The lowest BCUT2D eigenvalue weighted by molar-refractivity contribution is -0.145. The minimum atomic E-state index is -0.986. The normalized spacial score (nSPS) is 15.4. The summed E-state index contributed by atoms with van der Waals surface area (Å²) >= 11 is 0. The van der Waals surface area contributed by atoms with E-state index in [-0.39, 0.29) is 62.0 Å². The van der Waals surface area contributed by atoms with Crippen LogP contribution in [0, 0.1) is 0 Å². The van der Waals surface area contributed by atoms with E-state index in [0.29, 0.717) is 66.0 Å². The van der Waals surface area contributed by atoms with Crippen LogP contribution in [0.25, 0.3) is 0 Å². The lowest BCUT2D eigenvalue weighted by Gasteiger charge is -2.27. The number of carbonyl (C=O) groups excluding carboxylic acids is 5. The van der Waals surface area contributed by atoms with Gasteiger partial charge in [0.15, 0.2) is 23.0 Å². The average molecular weight is 1020 g/mol. The Hall–Kier alpha value is -8.86. The van der Waals surface area contributed by atoms with Crippen LogP contribution in [0.15, 0.2) is 133 Å². The van der Waals surface area contributed by atoms with Crippen LogP contribution in [0.2, 0.25) is 0 Å². The molecule has 4 aliphatic heterocycles. The van der Waals surface area contributed by atoms with Gasteiger partial charge in [0.25, 0.3) is 11.8 Å². The molecule has 6 aromatic carbocycles. The van der Waals surface area contributed by atoms with Crippen molar-refractivity contribution in [3.63, 3.8) is 0 Å². The topological polar surface area (TPSA) is 200 Å². The number of hydrogen-bond donors (Lipinski definition) is 2. The molecule has 0 fully saturated rings. The molecule has 0 saturated carbocycles. The van der Waals surface area contributed by atoms with Gasteiger partial charge in [-0.3, -0.25) is 28.8 Å². The van der Waals surface area contributed by atoms with Crippen molar-refractivity contribution in [2.45, 2.75) is 63.8 Å². The van der Waals surface area contributed by atoms with Crippen molar-refractivity contribution in [3.8, 4) is 23.0 Å². The Bertz CT molecular complexity index is 3060. The zero-order chi connectivity index (χ0) is 53.0. The summed E-state index contributed by atoms with van der Waals surface area (Å²) in [6.45, 7) is 1.71. The van der Waals surface area contributed by atoms with E-state index in [0.717, 1.165) is 40.2 Å². The first-order valence-electron chi connectivity index (χ1n) is 24.4. The summed E-state index contributed by atoms with van der Waals surface area (Å²) in [5, 5.41) is 11.5. The third-order valence-electron chi connectivity index (χ3n) is 13.2. The maximum atomic E-state index is 13.9. The highest BCUT2D eigenvalue weighted by atomic mass is 16.5. The quantitative estimate of drug-likeness (QED) is 0.0985. The van der Waals surface area contributed by atoms with Gasteiger partial charge in [-0.05, 0) is 59.4 Å². The molecule has 4 heterocycles. The number of esters is 2. The summed E-state index contributed by atoms with van der Waals surface area (Å²) in [6, 6.07) is 42.4. The number of para-hydroxylation sites is 2. The minimum Gasteiger partial charge on any atom is -0.493 e. The number of carboxylic acids is 1. The summed E-state index contributed by atoms with van der Waals surface area (Å²) in [5.74, 6) is -0.417. The van der Waals surface area contributed by atoms with Gasteiger partial charge >= 0.3 is 17.9 Å². The second-order valence-corrected chi connectivity index (χ2v) is 17.9. The molecule has 0 unspecified atom stereocenters. The molecule has 0 radical (unpaired) electrons. The largest absolute Gasteiger partial charge is 0.493 e. The number of hydrogen-bond acceptors (Lipinski definition) is 13. The Morgan fingerprint density at radius 2 is 1.03 bits per heavy atom. The molecular formula is C58H58N4O13. The Labute approximate surface area is 434 Å². The smallest absolute Gasteiger partial charge is 0.306 e. The molecule has 4 aliphatic rings. The SMILES string of the molecule is COC(=O)CCC(=O)N1C[C@@H]2Cc3ccccc3N2C(=O)c2cc(OC)c(OCc3ccccc3)cc21.COC(=O)CCC(=O)O.COc1cc2c(cc1OCc1ccccc1)NC[C@@H]1Cc3ccccc3N1C2=O. The number of anilines is 4. The van der Waals surface area contributed by atoms with Gasteiger partial charge in [-0.25, -0.2) is 0 Å². The van der Waals surface area contributed by atoms with E-state index >= 15 is 0 Å². The summed E-state index contributed by atoms with van der Waals surface area (Å²) in [5.41, 5.74) is 8.33. The van der Waals surface area contributed by atoms with Crippen molar-refractivity contribution < 1.29 is 62.3 Å². The molecule has 17 nitrogen and oxygen atoms in total. The molecule has 2 atom stereocenters. The third kappa shape index (κ3) is 12.2. The number of carboxylic acid groups (broad SMARTS) is 1. The van der Waals surface area contributed by atoms with E-state index in [1.807, 2.05) is 114 Å². The number of rotatable bonds is 14. The van der Waals surface area contributed by atoms with Crippen molar-refractivity contribution in [2.75, 3.05) is 61.5 Å². The Morgan fingerprint density at radius 3 is 1.57 bits per heavy atom. The lowest BCUT2D eigenvalue weighted by atomic mass is 10.1. The molecule has 2 N–H and O–H groups in total. The molecule has 0 aliphatic carbocycles. The number of carbonyl (C=O) groups is 6. The monoisotopic (exact) mass is 1020 g/mol. The van der Waals surface area contributed by atoms with Crippen LogP contribution >= 0.6 is 0 Å². The predicted octanol–water partition coefficient (Wildman–Crippen LogP) is 8.44. The molecule has 6 aromatic rings. The Kier molecular flexibility index (Phi) is 17.0. The molecule has 3 amide bonds. The van der Waals surface area contributed by atoms with Gasteiger partial charge in [-0.1, -0.05) is 97.1 Å². The first kappa shape index (κ1) is 52.5. The van der Waals surface area contributed by atoms with Gasteiger partial charge in [0.1, 0.15) is 13.2 Å². The molecule has 17 heteroatoms. The first-order chi connectivity index (χ1) is 36.4. The second kappa shape index (κ2) is 24.2. The molecule has 0 spiro atoms. The van der Waals surface area contributed by atoms with Crippen molar-refractivity contribution in [1.82, 2.24) is 0 Å². The van der Waals surface area contributed by atoms with E-state index in [2.05, 4.69) is 16.1 Å². The van der Waals surface area contributed by atoms with Crippen molar-refractivity contribution in [3.05, 3.63) is 167 Å². The predicted molar refractivity (Wildman–Crippen MR) is 280 cm³/mol. The van der Waals surface area contributed by atoms with Gasteiger partial charge in [0.2, 0.25) is 5.91 Å². The lowest BCUT2D eigenvalue weighted by Crippen LogP contribution is -2.44. The van der Waals surface area contributed by atoms with Crippen LogP contribution in [0.3, 0.4) is 0 Å². The molecule has 10 rings (SSSR count). The second-order valence-electron chi connectivity index (χ2n) is 17.9. The van der Waals surface area contributed by atoms with Crippen LogP contribution in [0.5, 0.6) is 23.0 Å². The first-order valence-corrected chi connectivity index (χ1v) is 24.4. The summed E-state index contributed by atoms with van der Waals surface area (Å²) in [7, 11) is 5.64. The minimum absolute atomic E-state index is 0.00661. The van der Waals surface area contributed by atoms with E-state index in [9.17, 15) is 28.8 Å². The highest BCUT2D eigenvalue weighted by Crippen LogP contribution is 2.44. The number of benzene rings is 6. The van der Waals surface area contributed by atoms with E-state index in [4.69, 9.17) is 28.8 Å².